The molecule has 0 unspecified atom stereocenters. The maximum atomic E-state index is 10.2. The van der Waals surface area contributed by atoms with E-state index in [4.69, 9.17) is 4.74 Å². The molecule has 1 aliphatic rings. The molecule has 6 nitrogen and oxygen atoms in total. The zero-order valence-corrected chi connectivity index (χ0v) is 10.1. The van der Waals surface area contributed by atoms with Gasteiger partial charge in [0.05, 0.1) is 13.2 Å². The molecule has 0 aromatic rings. The zero-order valence-electron chi connectivity index (χ0n) is 9.27. The van der Waals surface area contributed by atoms with Gasteiger partial charge in [0.15, 0.2) is 0 Å². The van der Waals surface area contributed by atoms with Crippen molar-refractivity contribution in [2.75, 3.05) is 45.6 Å². The van der Waals surface area contributed by atoms with Gasteiger partial charge in [-0.3, -0.25) is 15.0 Å². The Labute approximate surface area is 99.2 Å². The van der Waals surface area contributed by atoms with E-state index in [9.17, 15) is 10.1 Å². The summed E-state index contributed by atoms with van der Waals surface area (Å²) in [6.45, 7) is 4.96. The van der Waals surface area contributed by atoms with Crippen LogP contribution in [0.5, 0.6) is 0 Å². The molecule has 1 fully saturated rings. The van der Waals surface area contributed by atoms with Gasteiger partial charge in [-0.1, -0.05) is 6.20 Å². The van der Waals surface area contributed by atoms with Crippen LogP contribution in [0.25, 0.3) is 0 Å². The van der Waals surface area contributed by atoms with Crippen LogP contribution in [0.2, 0.25) is 0 Å². The average Bonchev–Trinajstić information content (AvgIpc) is 2.28. The Kier molecular flexibility index (Phi) is 6.20. The van der Waals surface area contributed by atoms with Crippen molar-refractivity contribution >= 4 is 11.8 Å². The molecule has 0 aliphatic carbocycles. The van der Waals surface area contributed by atoms with Gasteiger partial charge in [0, 0.05) is 26.2 Å². The van der Waals surface area contributed by atoms with Crippen molar-refractivity contribution in [3.63, 3.8) is 0 Å². The van der Waals surface area contributed by atoms with Crippen LogP contribution in [0.1, 0.15) is 0 Å². The van der Waals surface area contributed by atoms with Gasteiger partial charge in [0.25, 0.3) is 0 Å². The standard InChI is InChI=1S/C9H16N3O3S/c1-16-9(8-12(13)14)10-2-3-11-4-6-15-7-5-11/h10H,2-7H2,1H3/q-1. The van der Waals surface area contributed by atoms with Crippen molar-refractivity contribution in [2.45, 2.75) is 0 Å². The van der Waals surface area contributed by atoms with E-state index in [1.165, 1.54) is 11.8 Å². The molecular formula is C9H16N3O3S-. The average molecular weight is 246 g/mol. The van der Waals surface area contributed by atoms with Crippen LogP contribution in [0.3, 0.4) is 0 Å². The lowest BCUT2D eigenvalue weighted by molar-refractivity contribution is -0.420. The minimum atomic E-state index is -0.562. The summed E-state index contributed by atoms with van der Waals surface area (Å²) in [5.74, 6) is 0. The van der Waals surface area contributed by atoms with Crippen molar-refractivity contribution in [1.82, 2.24) is 10.2 Å². The van der Waals surface area contributed by atoms with Crippen molar-refractivity contribution in [2.24, 2.45) is 0 Å². The van der Waals surface area contributed by atoms with E-state index in [0.29, 0.717) is 11.6 Å². The Morgan fingerprint density at radius 2 is 2.31 bits per heavy atom. The third kappa shape index (κ3) is 5.34. The van der Waals surface area contributed by atoms with Crippen LogP contribution in [0.15, 0.2) is 5.03 Å². The molecule has 0 aromatic heterocycles. The van der Waals surface area contributed by atoms with Crippen molar-refractivity contribution in [1.29, 1.82) is 0 Å². The number of thioether (sulfide) groups is 1. The van der Waals surface area contributed by atoms with Crippen molar-refractivity contribution < 1.29 is 9.66 Å². The summed E-state index contributed by atoms with van der Waals surface area (Å²) in [4.78, 5) is 11.9. The first-order valence-electron chi connectivity index (χ1n) is 5.08. The van der Waals surface area contributed by atoms with Crippen LogP contribution in [-0.4, -0.2) is 55.5 Å². The highest BCUT2D eigenvalue weighted by atomic mass is 32.2. The summed E-state index contributed by atoms with van der Waals surface area (Å²) >= 11 is 1.29. The van der Waals surface area contributed by atoms with E-state index in [1.54, 1.807) is 6.26 Å². The molecule has 16 heavy (non-hydrogen) atoms. The second kappa shape index (κ2) is 7.48. The first-order chi connectivity index (χ1) is 7.72. The fraction of sp³-hybridized carbons (Fsp3) is 0.778. The van der Waals surface area contributed by atoms with Gasteiger partial charge < -0.3 is 10.1 Å². The molecule has 1 aliphatic heterocycles. The van der Waals surface area contributed by atoms with Crippen LogP contribution < -0.4 is 5.32 Å². The Hall–Kier alpha value is -0.790. The molecule has 1 saturated heterocycles. The summed E-state index contributed by atoms with van der Waals surface area (Å²) in [5, 5.41) is 13.7. The minimum Gasteiger partial charge on any atom is -0.404 e. The van der Waals surface area contributed by atoms with Gasteiger partial charge in [0.1, 0.15) is 0 Å². The lowest BCUT2D eigenvalue weighted by Gasteiger charge is -2.27. The number of rotatable bonds is 6. The lowest BCUT2D eigenvalue weighted by Crippen LogP contribution is -2.40. The second-order valence-electron chi connectivity index (χ2n) is 3.28. The molecule has 0 amide bonds. The zero-order chi connectivity index (χ0) is 11.8. The maximum absolute atomic E-state index is 10.2. The van der Waals surface area contributed by atoms with E-state index in [2.05, 4.69) is 16.4 Å². The minimum absolute atomic E-state index is 0.471. The third-order valence-corrected chi connectivity index (χ3v) is 2.86. The van der Waals surface area contributed by atoms with Crippen molar-refractivity contribution in [3.8, 4) is 0 Å². The summed E-state index contributed by atoms with van der Waals surface area (Å²) in [5.41, 5.74) is 0. The normalized spacial score (nSPS) is 18.4. The van der Waals surface area contributed by atoms with E-state index in [0.717, 1.165) is 32.8 Å². The Bertz CT molecular complexity index is 254. The van der Waals surface area contributed by atoms with E-state index < -0.39 is 4.92 Å². The number of nitrogens with one attached hydrogen (secondary N) is 1. The highest BCUT2D eigenvalue weighted by Gasteiger charge is 2.08. The topological polar surface area (TPSA) is 67.6 Å². The molecular weight excluding hydrogens is 230 g/mol. The van der Waals surface area contributed by atoms with Gasteiger partial charge >= 0.3 is 0 Å². The molecule has 0 radical (unpaired) electrons. The Morgan fingerprint density at radius 3 is 2.88 bits per heavy atom. The maximum Gasteiger partial charge on any atom is 0.0594 e. The molecule has 0 aromatic carbocycles. The quantitative estimate of drug-likeness (QED) is 0.311. The van der Waals surface area contributed by atoms with Crippen molar-refractivity contribution in [3.05, 3.63) is 21.3 Å². The van der Waals surface area contributed by atoms with E-state index >= 15 is 0 Å². The molecule has 1 N–H and O–H groups in total. The Balaban J connectivity index is 2.19. The highest BCUT2D eigenvalue weighted by molar-refractivity contribution is 8.02. The van der Waals surface area contributed by atoms with E-state index in [-0.39, 0.29) is 0 Å². The molecule has 1 rings (SSSR count). The van der Waals surface area contributed by atoms with Crippen LogP contribution in [0, 0.1) is 16.3 Å². The number of morpholine rings is 1. The summed E-state index contributed by atoms with van der Waals surface area (Å²) in [7, 11) is 0. The van der Waals surface area contributed by atoms with Crippen LogP contribution >= 0.6 is 11.8 Å². The van der Waals surface area contributed by atoms with Gasteiger partial charge in [-0.15, -0.1) is 16.7 Å². The van der Waals surface area contributed by atoms with Crippen LogP contribution in [-0.2, 0) is 4.74 Å². The summed E-state index contributed by atoms with van der Waals surface area (Å²) < 4.78 is 5.23. The number of nitro groups is 1. The Morgan fingerprint density at radius 1 is 1.62 bits per heavy atom. The molecule has 0 saturated carbocycles. The number of hydrogen-bond acceptors (Lipinski definition) is 6. The second-order valence-corrected chi connectivity index (χ2v) is 4.10. The van der Waals surface area contributed by atoms with Gasteiger partial charge in [-0.25, -0.2) is 0 Å². The number of nitrogens with zero attached hydrogens (tertiary/aromatic N) is 2. The van der Waals surface area contributed by atoms with Crippen LogP contribution in [0.4, 0.5) is 0 Å². The molecule has 1 heterocycles. The first-order valence-corrected chi connectivity index (χ1v) is 6.31. The molecule has 0 spiro atoms. The SMILES string of the molecule is CSC(=[C-][N+](=O)[O-])NCCN1CCOCC1. The highest BCUT2D eigenvalue weighted by Crippen LogP contribution is 2.06. The molecule has 92 valence electrons. The predicted octanol–water partition coefficient (Wildman–Crippen LogP) is 0.150. The predicted molar refractivity (Wildman–Crippen MR) is 62.5 cm³/mol. The summed E-state index contributed by atoms with van der Waals surface area (Å²) in [6.07, 6.45) is 3.90. The number of ether oxygens (including phenoxy) is 1. The molecule has 7 heteroatoms. The van der Waals surface area contributed by atoms with Gasteiger partial charge in [0.2, 0.25) is 0 Å². The van der Waals surface area contributed by atoms with Gasteiger partial charge in [-0.05, 0) is 11.3 Å². The fourth-order valence-electron chi connectivity index (χ4n) is 1.39. The summed E-state index contributed by atoms with van der Waals surface area (Å²) in [6, 6.07) is 0. The molecule has 0 atom stereocenters. The van der Waals surface area contributed by atoms with Gasteiger partial charge in [-0.2, -0.15) is 0 Å². The largest absolute Gasteiger partial charge is 0.404 e. The monoisotopic (exact) mass is 246 g/mol. The van der Waals surface area contributed by atoms with E-state index in [1.807, 2.05) is 0 Å². The third-order valence-electron chi connectivity index (χ3n) is 2.21. The molecule has 0 bridgehead atoms. The fourth-order valence-corrected chi connectivity index (χ4v) is 1.80. The first kappa shape index (κ1) is 13.3. The smallest absolute Gasteiger partial charge is 0.0594 e. The lowest BCUT2D eigenvalue weighted by atomic mass is 10.4. The number of hydrogen-bond donors (Lipinski definition) is 1.